The summed E-state index contributed by atoms with van der Waals surface area (Å²) in [6.45, 7) is 1.40. The van der Waals surface area contributed by atoms with Crippen molar-refractivity contribution in [3.63, 3.8) is 0 Å². The first-order valence-electron chi connectivity index (χ1n) is 10.0. The van der Waals surface area contributed by atoms with E-state index >= 15 is 0 Å². The van der Waals surface area contributed by atoms with Gasteiger partial charge in [-0.2, -0.15) is 17.0 Å². The number of sulfone groups is 1. The Bertz CT molecular complexity index is 757. The van der Waals surface area contributed by atoms with E-state index in [2.05, 4.69) is 0 Å². The lowest BCUT2D eigenvalue weighted by Gasteiger charge is -2.38. The second-order valence-corrected chi connectivity index (χ2v) is 13.4. The molecule has 11 heteroatoms. The predicted octanol–water partition coefficient (Wildman–Crippen LogP) is 0.560. The van der Waals surface area contributed by atoms with Gasteiger partial charge in [0.05, 0.1) is 17.3 Å². The molecule has 0 aromatic heterocycles. The number of thioether (sulfide) groups is 1. The monoisotopic (exact) mass is 453 g/mol. The molecule has 8 nitrogen and oxygen atoms in total. The summed E-state index contributed by atoms with van der Waals surface area (Å²) in [6.07, 6.45) is 5.78. The molecule has 3 rings (SSSR count). The third-order valence-electron chi connectivity index (χ3n) is 6.00. The van der Waals surface area contributed by atoms with Crippen LogP contribution in [0.2, 0.25) is 0 Å². The van der Waals surface area contributed by atoms with Gasteiger partial charge in [0, 0.05) is 44.5 Å². The van der Waals surface area contributed by atoms with E-state index in [1.54, 1.807) is 11.9 Å². The average Bonchev–Trinajstić information content (AvgIpc) is 3.05. The van der Waals surface area contributed by atoms with Crippen LogP contribution in [0.5, 0.6) is 0 Å². The van der Waals surface area contributed by atoms with Crippen LogP contribution in [-0.2, 0) is 24.8 Å². The SMILES string of the molecule is CN(C1CCCCC1)S(=O)(=O)N1CCN(C(=O)CSC2CCS(=O)(=O)C2)CC1. The van der Waals surface area contributed by atoms with Crippen LogP contribution < -0.4 is 0 Å². The molecule has 162 valence electrons. The van der Waals surface area contributed by atoms with Crippen LogP contribution in [0.4, 0.5) is 0 Å². The Hall–Kier alpha value is -0.360. The van der Waals surface area contributed by atoms with Crippen molar-refractivity contribution in [1.29, 1.82) is 0 Å². The minimum Gasteiger partial charge on any atom is -0.339 e. The lowest BCUT2D eigenvalue weighted by Crippen LogP contribution is -2.55. The summed E-state index contributed by atoms with van der Waals surface area (Å²) < 4.78 is 51.9. The number of hydrogen-bond acceptors (Lipinski definition) is 6. The molecule has 0 N–H and O–H groups in total. The van der Waals surface area contributed by atoms with Crippen molar-refractivity contribution in [1.82, 2.24) is 13.5 Å². The van der Waals surface area contributed by atoms with Crippen molar-refractivity contribution in [3.05, 3.63) is 0 Å². The van der Waals surface area contributed by atoms with Crippen molar-refractivity contribution >= 4 is 37.7 Å². The molecule has 1 amide bonds. The van der Waals surface area contributed by atoms with Gasteiger partial charge in [-0.3, -0.25) is 4.79 Å². The highest BCUT2D eigenvalue weighted by molar-refractivity contribution is 8.02. The van der Waals surface area contributed by atoms with Crippen molar-refractivity contribution < 1.29 is 21.6 Å². The van der Waals surface area contributed by atoms with Crippen LogP contribution in [0.25, 0.3) is 0 Å². The minimum atomic E-state index is -3.49. The molecule has 0 aromatic rings. The van der Waals surface area contributed by atoms with Gasteiger partial charge in [-0.1, -0.05) is 19.3 Å². The maximum absolute atomic E-state index is 12.9. The van der Waals surface area contributed by atoms with Gasteiger partial charge in [0.2, 0.25) is 5.91 Å². The minimum absolute atomic E-state index is 0.000223. The summed E-state index contributed by atoms with van der Waals surface area (Å²) in [5.74, 6) is 0.593. The molecule has 1 atom stereocenters. The maximum atomic E-state index is 12.9. The normalized spacial score (nSPS) is 27.4. The number of carbonyl (C=O) groups excluding carboxylic acids is 1. The summed E-state index contributed by atoms with van der Waals surface area (Å²) >= 11 is 1.41. The molecule has 1 unspecified atom stereocenters. The average molecular weight is 454 g/mol. The number of amides is 1. The molecule has 2 heterocycles. The Balaban J connectivity index is 1.46. The largest absolute Gasteiger partial charge is 0.339 e. The van der Waals surface area contributed by atoms with Crippen LogP contribution in [0, 0.1) is 0 Å². The Labute approximate surface area is 173 Å². The highest BCUT2D eigenvalue weighted by atomic mass is 32.2. The molecule has 0 aromatic carbocycles. The van der Waals surface area contributed by atoms with Gasteiger partial charge in [-0.15, -0.1) is 11.8 Å². The van der Waals surface area contributed by atoms with E-state index in [4.69, 9.17) is 0 Å². The van der Waals surface area contributed by atoms with E-state index in [1.807, 2.05) is 0 Å². The van der Waals surface area contributed by atoms with Gasteiger partial charge in [0.1, 0.15) is 0 Å². The third kappa shape index (κ3) is 5.41. The van der Waals surface area contributed by atoms with Gasteiger partial charge < -0.3 is 4.90 Å². The van der Waals surface area contributed by atoms with Crippen LogP contribution in [-0.4, -0.2) is 98.0 Å². The van der Waals surface area contributed by atoms with Gasteiger partial charge in [0.25, 0.3) is 10.2 Å². The van der Waals surface area contributed by atoms with Gasteiger partial charge in [-0.25, -0.2) is 8.42 Å². The van der Waals surface area contributed by atoms with Crippen LogP contribution in [0.15, 0.2) is 0 Å². The van der Waals surface area contributed by atoms with Crippen molar-refractivity contribution in [2.75, 3.05) is 50.5 Å². The number of carbonyl (C=O) groups is 1. The Morgan fingerprint density at radius 2 is 1.71 bits per heavy atom. The fourth-order valence-electron chi connectivity index (χ4n) is 4.16. The van der Waals surface area contributed by atoms with Crippen molar-refractivity contribution in [3.8, 4) is 0 Å². The highest BCUT2D eigenvalue weighted by Crippen LogP contribution is 2.26. The molecule has 2 saturated heterocycles. The maximum Gasteiger partial charge on any atom is 0.282 e. The molecule has 0 bridgehead atoms. The Morgan fingerprint density at radius 3 is 2.29 bits per heavy atom. The molecule has 28 heavy (non-hydrogen) atoms. The summed E-state index contributed by atoms with van der Waals surface area (Å²) in [7, 11) is -4.75. The fraction of sp³-hybridized carbons (Fsp3) is 0.941. The molecular weight excluding hydrogens is 422 g/mol. The zero-order chi connectivity index (χ0) is 20.4. The number of nitrogens with zero attached hydrogens (tertiary/aromatic N) is 3. The predicted molar refractivity (Wildman–Crippen MR) is 111 cm³/mol. The number of rotatable bonds is 6. The summed E-state index contributed by atoms with van der Waals surface area (Å²) in [5, 5.41) is -0.000223. The van der Waals surface area contributed by atoms with E-state index in [0.717, 1.165) is 25.7 Å². The van der Waals surface area contributed by atoms with Crippen LogP contribution >= 0.6 is 11.8 Å². The number of piperazine rings is 1. The summed E-state index contributed by atoms with van der Waals surface area (Å²) in [4.78, 5) is 14.1. The molecular formula is C17H31N3O5S3. The zero-order valence-corrected chi connectivity index (χ0v) is 18.9. The molecule has 0 spiro atoms. The smallest absolute Gasteiger partial charge is 0.282 e. The quantitative estimate of drug-likeness (QED) is 0.583. The van der Waals surface area contributed by atoms with E-state index in [1.165, 1.54) is 26.8 Å². The third-order valence-corrected chi connectivity index (χ3v) is 11.3. The number of hydrogen-bond donors (Lipinski definition) is 0. The van der Waals surface area contributed by atoms with Gasteiger partial charge in [-0.05, 0) is 19.3 Å². The van der Waals surface area contributed by atoms with E-state index < -0.39 is 20.0 Å². The first-order valence-corrected chi connectivity index (χ1v) is 14.3. The van der Waals surface area contributed by atoms with Gasteiger partial charge >= 0.3 is 0 Å². The topological polar surface area (TPSA) is 95.1 Å². The van der Waals surface area contributed by atoms with Crippen LogP contribution in [0.3, 0.4) is 0 Å². The molecule has 3 aliphatic rings. The molecule has 1 aliphatic carbocycles. The highest BCUT2D eigenvalue weighted by Gasteiger charge is 2.35. The van der Waals surface area contributed by atoms with E-state index in [-0.39, 0.29) is 34.5 Å². The first kappa shape index (κ1) is 22.3. The lowest BCUT2D eigenvalue weighted by molar-refractivity contribution is -0.129. The first-order chi connectivity index (χ1) is 13.2. The summed E-state index contributed by atoms with van der Waals surface area (Å²) in [6, 6.07) is 0.0810. The zero-order valence-electron chi connectivity index (χ0n) is 16.5. The fourth-order valence-corrected chi connectivity index (χ4v) is 9.28. The molecule has 2 aliphatic heterocycles. The molecule has 1 saturated carbocycles. The van der Waals surface area contributed by atoms with Crippen molar-refractivity contribution in [2.45, 2.75) is 49.8 Å². The Kier molecular flexibility index (Phi) is 7.33. The van der Waals surface area contributed by atoms with Crippen molar-refractivity contribution in [2.24, 2.45) is 0 Å². The molecule has 3 fully saturated rings. The van der Waals surface area contributed by atoms with E-state index in [0.29, 0.717) is 32.6 Å². The van der Waals surface area contributed by atoms with Gasteiger partial charge in [0.15, 0.2) is 9.84 Å². The lowest BCUT2D eigenvalue weighted by atomic mass is 9.96. The van der Waals surface area contributed by atoms with Crippen LogP contribution in [0.1, 0.15) is 38.5 Å². The Morgan fingerprint density at radius 1 is 1.07 bits per heavy atom. The van der Waals surface area contributed by atoms with E-state index in [9.17, 15) is 21.6 Å². The second kappa shape index (κ2) is 9.20. The summed E-state index contributed by atoms with van der Waals surface area (Å²) in [5.41, 5.74) is 0. The molecule has 0 radical (unpaired) electrons. The second-order valence-electron chi connectivity index (χ2n) is 7.93. The standard InChI is InChI=1S/C17H31N3O5S3/c1-18(15-5-3-2-4-6-15)28(24,25)20-10-8-19(9-11-20)17(21)13-26-16-7-12-27(22,23)14-16/h15-16H,2-14H2,1H3.